The average Bonchev–Trinajstić information content (AvgIpc) is 1.17. The lowest BCUT2D eigenvalue weighted by Gasteiger charge is -2.48. The molecule has 0 radical (unpaired) electrons. The minimum absolute atomic E-state index is 0.00539. The van der Waals surface area contributed by atoms with Gasteiger partial charge in [-0.2, -0.15) is 0 Å². The van der Waals surface area contributed by atoms with Crippen LogP contribution in [0.4, 0.5) is 0 Å². The van der Waals surface area contributed by atoms with Crippen molar-refractivity contribution >= 4 is 0 Å². The van der Waals surface area contributed by atoms with Gasteiger partial charge in [0.15, 0.2) is 25.2 Å². The SMILES string of the molecule is NC[C@@H]1O[C@H](O[C@H]2[C@@H](O)[C@H](O[C@@H]3[C@@H](O)[C@H](N)C[C@H](N)[C@H]3O[C@H]3O[C@H](CO)[C@@H](O)[C@H](O)[C@H]3N)O[C@@H]2CO)[C@H](N)[C@@H](O)[C@@H]1O.[N-]=[N+]=N[C@H]1[C@@H](O[C@H]2[C@H](O)[C@@H](OCc3ccccc3)[C@H](N=[N+]=[N-])C[C@@H]2N=[N+]=[N-])O[C@H](COCc2ccccc2)[C@@H](OCc2ccccc2)[C@@H]1OCc1ccccc1. The smallest absolute Gasteiger partial charge is 0.187 e. The highest BCUT2D eigenvalue weighted by Crippen LogP contribution is 2.38. The topological polar surface area (TPSA) is 569 Å². The standard InChI is InChI=1S/C40H43N9O7.C23H45N5O14/c41-47-44-31-21-32(45-48-42)37(35(50)36(31)52-23-28-15-7-2-8-16-28)56-40-34(46-49-43)39(54-25-30-19-11-4-12-20-30)38(53-24-29-17-9-3-10-18-29)33(55-40)26-51-22-27-13-5-1-6-14-27;24-2-7-13(32)15(34)10(27)21(37-7)41-19-9(4-30)39-23(17(19)36)42-20-12(31)5(25)1-6(26)18(20)40-22-11(28)16(35)14(33)8(3-29)38-22/h1-20,31-40,50H,21-26H2;5-23,29-36H,1-4,24-28H2/t31-,32+,33-,34-,35-,36+,37-,38-,39-,40-;5-,6+,7+,8-,9-,10-,11-,12+,13-,14-,15-,16-,17-,18-,19-,20-,21-,22-,23+/m11/s1. The third-order valence-electron chi connectivity index (χ3n) is 18.0. The highest BCUT2D eigenvalue weighted by molar-refractivity contribution is 5.17. The fourth-order valence-electron chi connectivity index (χ4n) is 12.6. The van der Waals surface area contributed by atoms with E-state index in [9.17, 15) is 62.6 Å². The van der Waals surface area contributed by atoms with Crippen molar-refractivity contribution in [1.82, 2.24) is 0 Å². The summed E-state index contributed by atoms with van der Waals surface area (Å²) in [7, 11) is 0. The number of ether oxygens (including phenoxy) is 12. The van der Waals surface area contributed by atoms with Gasteiger partial charge in [0.05, 0.1) is 88.7 Å². The molecule has 4 aromatic rings. The summed E-state index contributed by atoms with van der Waals surface area (Å²) in [6.45, 7) is -0.774. The Kier molecular flexibility index (Phi) is 28.6. The predicted molar refractivity (Wildman–Crippen MR) is 341 cm³/mol. The zero-order valence-corrected chi connectivity index (χ0v) is 53.2. The van der Waals surface area contributed by atoms with Crippen molar-refractivity contribution in [1.29, 1.82) is 0 Å². The van der Waals surface area contributed by atoms with Crippen LogP contribution in [-0.2, 0) is 83.3 Å². The Labute approximate surface area is 562 Å². The van der Waals surface area contributed by atoms with Crippen LogP contribution in [0.25, 0.3) is 31.3 Å². The monoisotopic (exact) mass is 1380 g/mol. The predicted octanol–water partition coefficient (Wildman–Crippen LogP) is -0.991. The van der Waals surface area contributed by atoms with Crippen LogP contribution >= 0.6 is 0 Å². The van der Waals surface area contributed by atoms with Crippen LogP contribution in [0.2, 0.25) is 0 Å². The summed E-state index contributed by atoms with van der Waals surface area (Å²) in [5.74, 6) is 0. The molecule has 4 heterocycles. The van der Waals surface area contributed by atoms with E-state index in [-0.39, 0.29) is 52.4 Å². The van der Waals surface area contributed by atoms with E-state index < -0.39 is 191 Å². The van der Waals surface area contributed by atoms with E-state index >= 15 is 0 Å². The molecule has 29 atom stereocenters. The van der Waals surface area contributed by atoms with Gasteiger partial charge in [0.2, 0.25) is 0 Å². The van der Waals surface area contributed by atoms with Gasteiger partial charge in [-0.3, -0.25) is 0 Å². The number of benzene rings is 4. The number of nitrogens with zero attached hydrogens (tertiary/aromatic N) is 9. The summed E-state index contributed by atoms with van der Waals surface area (Å²) in [6, 6.07) is 30.7. The van der Waals surface area contributed by atoms with Crippen LogP contribution in [0.1, 0.15) is 35.1 Å². The number of aliphatic hydroxyl groups excluding tert-OH is 9. The number of aliphatic hydroxyl groups is 9. The second-order valence-corrected chi connectivity index (χ2v) is 24.6. The Hall–Kier alpha value is -6.23. The molecule has 10 rings (SSSR count). The first kappa shape index (κ1) is 76.0. The van der Waals surface area contributed by atoms with Gasteiger partial charge in [0.1, 0.15) is 97.6 Å². The molecule has 2 aliphatic carbocycles. The maximum absolute atomic E-state index is 11.9. The molecule has 0 aromatic heterocycles. The third kappa shape index (κ3) is 18.8. The largest absolute Gasteiger partial charge is 0.394 e. The maximum atomic E-state index is 11.9. The van der Waals surface area contributed by atoms with Crippen molar-refractivity contribution in [3.8, 4) is 0 Å². The van der Waals surface area contributed by atoms with Gasteiger partial charge in [-0.25, -0.2) is 0 Å². The van der Waals surface area contributed by atoms with E-state index in [1.807, 2.05) is 121 Å². The lowest BCUT2D eigenvalue weighted by molar-refractivity contribution is -0.310. The fourth-order valence-corrected chi connectivity index (χ4v) is 12.6. The Bertz CT molecular complexity index is 3180. The summed E-state index contributed by atoms with van der Waals surface area (Å²) >= 11 is 0. The number of rotatable bonds is 27. The molecule has 98 heavy (non-hydrogen) atoms. The molecule has 536 valence electrons. The molecule has 0 unspecified atom stereocenters. The molecule has 0 bridgehead atoms. The average molecular weight is 1380 g/mol. The van der Waals surface area contributed by atoms with Crippen molar-refractivity contribution in [2.24, 2.45) is 44.0 Å². The Balaban J connectivity index is 0.000000239. The van der Waals surface area contributed by atoms with Gasteiger partial charge in [-0.1, -0.05) is 137 Å². The lowest BCUT2D eigenvalue weighted by Crippen LogP contribution is -2.68. The Morgan fingerprint density at radius 2 is 0.827 bits per heavy atom. The van der Waals surface area contributed by atoms with Crippen LogP contribution in [0.5, 0.6) is 0 Å². The Morgan fingerprint density at radius 3 is 1.34 bits per heavy atom. The van der Waals surface area contributed by atoms with Gasteiger partial charge >= 0.3 is 0 Å². The molecule has 4 aromatic carbocycles. The first-order valence-electron chi connectivity index (χ1n) is 32.1. The van der Waals surface area contributed by atoms with E-state index in [1.54, 1.807) is 0 Å². The minimum atomic E-state index is -1.62. The van der Waals surface area contributed by atoms with E-state index in [1.165, 1.54) is 0 Å². The minimum Gasteiger partial charge on any atom is -0.394 e. The molecule has 35 nitrogen and oxygen atoms in total. The van der Waals surface area contributed by atoms with Crippen molar-refractivity contribution in [2.75, 3.05) is 26.4 Å². The third-order valence-corrected chi connectivity index (χ3v) is 18.0. The van der Waals surface area contributed by atoms with Crippen molar-refractivity contribution in [3.63, 3.8) is 0 Å². The van der Waals surface area contributed by atoms with Crippen LogP contribution in [0.15, 0.2) is 137 Å². The normalized spacial score (nSPS) is 38.6. The van der Waals surface area contributed by atoms with E-state index in [0.717, 1.165) is 22.3 Å². The van der Waals surface area contributed by atoms with Crippen LogP contribution in [0, 0.1) is 0 Å². The zero-order valence-electron chi connectivity index (χ0n) is 53.2. The summed E-state index contributed by atoms with van der Waals surface area (Å²) in [6.07, 6.45) is -28.2. The summed E-state index contributed by atoms with van der Waals surface area (Å²) in [5, 5.41) is 106. The van der Waals surface area contributed by atoms with Crippen LogP contribution in [-0.4, -0.2) is 250 Å². The summed E-state index contributed by atoms with van der Waals surface area (Å²) in [4.78, 5) is 9.12. The second-order valence-electron chi connectivity index (χ2n) is 24.6. The fraction of sp³-hybridized carbons (Fsp3) is 0.619. The van der Waals surface area contributed by atoms with Crippen molar-refractivity contribution in [3.05, 3.63) is 175 Å². The zero-order chi connectivity index (χ0) is 70.0. The molecule has 4 aliphatic heterocycles. The van der Waals surface area contributed by atoms with Crippen LogP contribution in [0.3, 0.4) is 0 Å². The van der Waals surface area contributed by atoms with E-state index in [0.29, 0.717) is 0 Å². The number of hydrogen-bond acceptors (Lipinski definition) is 29. The first-order chi connectivity index (χ1) is 47.4. The van der Waals surface area contributed by atoms with E-state index in [4.69, 9.17) is 85.5 Å². The van der Waals surface area contributed by atoms with Gasteiger partial charge in [0.25, 0.3) is 0 Å². The van der Waals surface area contributed by atoms with E-state index in [2.05, 4.69) is 30.1 Å². The molecule has 35 heteroatoms. The number of nitrogens with two attached hydrogens (primary N) is 5. The molecule has 0 spiro atoms. The number of azide groups is 3. The van der Waals surface area contributed by atoms with Gasteiger partial charge in [-0.15, -0.1) is 0 Å². The van der Waals surface area contributed by atoms with Crippen LogP contribution < -0.4 is 28.7 Å². The molecule has 6 fully saturated rings. The summed E-state index contributed by atoms with van der Waals surface area (Å²) in [5.41, 5.74) is 62.3. The second kappa shape index (κ2) is 36.9. The maximum Gasteiger partial charge on any atom is 0.187 e. The number of hydrogen-bond donors (Lipinski definition) is 14. The van der Waals surface area contributed by atoms with Gasteiger partial charge in [0, 0.05) is 33.4 Å². The molecular formula is C63H88N14O21. The molecule has 2 saturated carbocycles. The van der Waals surface area contributed by atoms with Crippen molar-refractivity contribution in [2.45, 2.75) is 217 Å². The molecular weight excluding hydrogens is 1290 g/mol. The Morgan fingerprint density at radius 1 is 0.398 bits per heavy atom. The lowest BCUT2D eigenvalue weighted by atomic mass is 9.84. The molecule has 0 amide bonds. The molecule has 19 N–H and O–H groups in total. The highest BCUT2D eigenvalue weighted by Gasteiger charge is 2.56. The quantitative estimate of drug-likeness (QED) is 0.0194. The first-order valence-corrected chi connectivity index (χ1v) is 32.1. The summed E-state index contributed by atoms with van der Waals surface area (Å²) < 4.78 is 73.1. The van der Waals surface area contributed by atoms with Gasteiger partial charge in [-0.05, 0) is 51.7 Å². The molecule has 4 saturated heterocycles. The molecule has 6 aliphatic rings. The highest BCUT2D eigenvalue weighted by atomic mass is 16.8. The van der Waals surface area contributed by atoms with Gasteiger partial charge < -0.3 is 131 Å². The van der Waals surface area contributed by atoms with Crippen molar-refractivity contribution < 1.29 is 103 Å².